The molecule has 1 aromatic carbocycles. The number of carbonyl (C=O) groups is 3. The van der Waals surface area contributed by atoms with E-state index in [2.05, 4.69) is 16.0 Å². The summed E-state index contributed by atoms with van der Waals surface area (Å²) in [6.45, 7) is 7.01. The van der Waals surface area contributed by atoms with Crippen LogP contribution in [0.2, 0.25) is 0 Å². The van der Waals surface area contributed by atoms with Gasteiger partial charge < -0.3 is 36.3 Å². The van der Waals surface area contributed by atoms with Gasteiger partial charge in [0.25, 0.3) is 0 Å². The molecule has 1 aromatic rings. The lowest BCUT2D eigenvalue weighted by Gasteiger charge is -2.31. The number of aliphatic carboxylic acids is 1. The lowest BCUT2D eigenvalue weighted by molar-refractivity contribution is -0.144. The summed E-state index contributed by atoms with van der Waals surface area (Å²) in [5.74, 6) is -0.512. The average molecular weight is 533 g/mol. The average Bonchev–Trinajstić information content (AvgIpc) is 3.26. The highest BCUT2D eigenvalue weighted by Crippen LogP contribution is 2.31. The van der Waals surface area contributed by atoms with Gasteiger partial charge in [0.15, 0.2) is 0 Å². The first-order valence-electron chi connectivity index (χ1n) is 13.7. The van der Waals surface area contributed by atoms with Gasteiger partial charge in [-0.1, -0.05) is 26.0 Å². The molecule has 6 N–H and O–H groups in total. The number of hydrogen-bond donors (Lipinski definition) is 5. The van der Waals surface area contributed by atoms with Gasteiger partial charge >= 0.3 is 12.0 Å². The van der Waals surface area contributed by atoms with Gasteiger partial charge in [-0.2, -0.15) is 0 Å². The summed E-state index contributed by atoms with van der Waals surface area (Å²) in [6.07, 6.45) is 4.62. The molecule has 2 heterocycles. The highest BCUT2D eigenvalue weighted by molar-refractivity contribution is 5.90. The van der Waals surface area contributed by atoms with Gasteiger partial charge in [0.05, 0.1) is 19.3 Å². The van der Waals surface area contributed by atoms with E-state index in [4.69, 9.17) is 15.2 Å². The molecule has 212 valence electrons. The Balaban J connectivity index is 1.76. The maximum Gasteiger partial charge on any atom is 0.329 e. The van der Waals surface area contributed by atoms with Gasteiger partial charge in [0, 0.05) is 19.1 Å². The Labute approximate surface area is 225 Å². The van der Waals surface area contributed by atoms with Crippen molar-refractivity contribution in [3.05, 3.63) is 29.8 Å². The third kappa shape index (κ3) is 8.87. The molecule has 3 amide bonds. The molecule has 4 rings (SSSR count). The Hall–Kier alpha value is -2.85. The molecule has 3 aliphatic rings. The van der Waals surface area contributed by atoms with Gasteiger partial charge in [-0.15, -0.1) is 0 Å². The predicted octanol–water partition coefficient (Wildman–Crippen LogP) is 2.59. The van der Waals surface area contributed by atoms with Crippen LogP contribution in [0.5, 0.6) is 5.75 Å². The molecule has 0 radical (unpaired) electrons. The van der Waals surface area contributed by atoms with Crippen molar-refractivity contribution in [2.24, 2.45) is 17.6 Å². The highest BCUT2D eigenvalue weighted by atomic mass is 16.5. The Bertz CT molecular complexity index is 940. The molecule has 38 heavy (non-hydrogen) atoms. The molecule has 10 heteroatoms. The maximum atomic E-state index is 13.4. The van der Waals surface area contributed by atoms with Crippen molar-refractivity contribution in [2.75, 3.05) is 19.8 Å². The van der Waals surface area contributed by atoms with Gasteiger partial charge in [-0.3, -0.25) is 4.79 Å². The van der Waals surface area contributed by atoms with Gasteiger partial charge in [0.1, 0.15) is 17.3 Å². The van der Waals surface area contributed by atoms with Crippen molar-refractivity contribution in [2.45, 2.75) is 89.4 Å². The number of carbonyl (C=O) groups excluding carboxylic acids is 2. The molecule has 5 atom stereocenters. The fraction of sp³-hybridized carbons (Fsp3) is 0.679. The zero-order valence-electron chi connectivity index (χ0n) is 22.8. The van der Waals surface area contributed by atoms with E-state index < -0.39 is 23.6 Å². The number of nitrogens with two attached hydrogens (primary N) is 1. The zero-order valence-corrected chi connectivity index (χ0v) is 22.8. The van der Waals surface area contributed by atoms with E-state index in [9.17, 15) is 19.5 Å². The van der Waals surface area contributed by atoms with Crippen LogP contribution in [0.25, 0.3) is 0 Å². The number of nitrogens with one attached hydrogen (secondary N) is 3. The van der Waals surface area contributed by atoms with Crippen LogP contribution in [0.1, 0.15) is 64.9 Å². The molecule has 1 aliphatic carbocycles. The normalized spacial score (nSPS) is 26.7. The third-order valence-corrected chi connectivity index (χ3v) is 7.51. The predicted molar refractivity (Wildman–Crippen MR) is 144 cm³/mol. The molecule has 0 spiro atoms. The van der Waals surface area contributed by atoms with Crippen LogP contribution in [0, 0.1) is 11.8 Å². The number of benzene rings is 1. The Kier molecular flexibility index (Phi) is 10.8. The minimum atomic E-state index is -1.49. The minimum Gasteiger partial charge on any atom is -0.494 e. The summed E-state index contributed by atoms with van der Waals surface area (Å²) in [6, 6.07) is 5.62. The number of amides is 3. The SMILES string of the molecule is CC(C)[C@H]1COCCCCOc2ccc(cc2)C[C@@H](NC(=O)N[C@@](C)(C[C@@H]2CC[C@@H](N)C2)C(=O)O)C(=O)N1. The van der Waals surface area contributed by atoms with Crippen LogP contribution in [0.4, 0.5) is 4.79 Å². The first-order valence-corrected chi connectivity index (χ1v) is 13.7. The molecule has 0 aromatic heterocycles. The van der Waals surface area contributed by atoms with E-state index in [1.54, 1.807) is 0 Å². The van der Waals surface area contributed by atoms with Crippen molar-refractivity contribution in [3.63, 3.8) is 0 Å². The number of carboxylic acids is 1. The fourth-order valence-corrected chi connectivity index (χ4v) is 5.07. The largest absolute Gasteiger partial charge is 0.494 e. The topological polar surface area (TPSA) is 152 Å². The number of carboxylic acid groups (broad SMARTS) is 1. The van der Waals surface area contributed by atoms with Crippen molar-refractivity contribution < 1.29 is 29.0 Å². The van der Waals surface area contributed by atoms with Gasteiger partial charge in [-0.05, 0) is 75.0 Å². The smallest absolute Gasteiger partial charge is 0.329 e. The van der Waals surface area contributed by atoms with Crippen molar-refractivity contribution >= 4 is 17.9 Å². The Morgan fingerprint density at radius 1 is 1.18 bits per heavy atom. The second kappa shape index (κ2) is 13.8. The van der Waals surface area contributed by atoms with Crippen LogP contribution in [-0.4, -0.2) is 66.5 Å². The summed E-state index contributed by atoms with van der Waals surface area (Å²) >= 11 is 0. The molecule has 0 unspecified atom stereocenters. The van der Waals surface area contributed by atoms with Gasteiger partial charge in [0.2, 0.25) is 5.91 Å². The summed E-state index contributed by atoms with van der Waals surface area (Å²) in [5.41, 5.74) is 5.36. The molecular weight excluding hydrogens is 488 g/mol. The van der Waals surface area contributed by atoms with Crippen LogP contribution < -0.4 is 26.4 Å². The van der Waals surface area contributed by atoms with Crippen LogP contribution in [-0.2, 0) is 20.7 Å². The van der Waals surface area contributed by atoms with E-state index in [0.29, 0.717) is 19.8 Å². The third-order valence-electron chi connectivity index (χ3n) is 7.51. The maximum absolute atomic E-state index is 13.4. The highest BCUT2D eigenvalue weighted by Gasteiger charge is 2.40. The molecule has 2 aliphatic heterocycles. The van der Waals surface area contributed by atoms with E-state index in [0.717, 1.165) is 43.4 Å². The molecule has 2 bridgehead atoms. The zero-order chi connectivity index (χ0) is 27.7. The second-order valence-electron chi connectivity index (χ2n) is 11.3. The lowest BCUT2D eigenvalue weighted by Crippen LogP contribution is -2.60. The first kappa shape index (κ1) is 29.7. The quantitative estimate of drug-likeness (QED) is 0.378. The first-order chi connectivity index (χ1) is 18.1. The molecule has 1 fully saturated rings. The van der Waals surface area contributed by atoms with E-state index in [-0.39, 0.29) is 42.7 Å². The summed E-state index contributed by atoms with van der Waals surface area (Å²) in [5, 5.41) is 18.3. The Morgan fingerprint density at radius 3 is 2.53 bits per heavy atom. The minimum absolute atomic E-state index is 0.0589. The van der Waals surface area contributed by atoms with Crippen LogP contribution in [0.15, 0.2) is 24.3 Å². The van der Waals surface area contributed by atoms with E-state index in [1.165, 1.54) is 6.92 Å². The van der Waals surface area contributed by atoms with Crippen molar-refractivity contribution in [1.82, 2.24) is 16.0 Å². The monoisotopic (exact) mass is 532 g/mol. The summed E-state index contributed by atoms with van der Waals surface area (Å²) in [4.78, 5) is 38.7. The number of hydrogen-bond acceptors (Lipinski definition) is 6. The van der Waals surface area contributed by atoms with Crippen molar-refractivity contribution in [1.29, 1.82) is 0 Å². The lowest BCUT2D eigenvalue weighted by atomic mass is 9.88. The number of urea groups is 1. The second-order valence-corrected chi connectivity index (χ2v) is 11.3. The number of rotatable bonds is 6. The fourth-order valence-electron chi connectivity index (χ4n) is 5.07. The van der Waals surface area contributed by atoms with Gasteiger partial charge in [-0.25, -0.2) is 9.59 Å². The van der Waals surface area contributed by atoms with E-state index in [1.807, 2.05) is 38.1 Å². The molecule has 0 saturated heterocycles. The van der Waals surface area contributed by atoms with Crippen LogP contribution in [0.3, 0.4) is 0 Å². The summed E-state index contributed by atoms with van der Waals surface area (Å²) < 4.78 is 11.6. The molecule has 1 saturated carbocycles. The number of fused-ring (bicyclic) bond motifs is 13. The molecule has 10 nitrogen and oxygen atoms in total. The standard InChI is InChI=1S/C28H44N4O6/c1-18(2)24-17-37-12-4-5-13-38-22-10-7-19(8-11-22)15-23(25(33)30-24)31-27(36)32-28(3,26(34)35)16-20-6-9-21(29)14-20/h7-8,10-11,18,20-21,23-24H,4-6,9,12-17,29H2,1-3H3,(H,30,33)(H,34,35)(H2,31,32,36)/t20-,21-,23-,24-,28+/m1/s1. The molecular formula is C28H44N4O6. The van der Waals surface area contributed by atoms with E-state index >= 15 is 0 Å². The van der Waals surface area contributed by atoms with Crippen molar-refractivity contribution in [3.8, 4) is 5.75 Å². The van der Waals surface area contributed by atoms with Crippen LogP contribution >= 0.6 is 0 Å². The Morgan fingerprint density at radius 2 is 1.89 bits per heavy atom. The number of ether oxygens (including phenoxy) is 2. The summed E-state index contributed by atoms with van der Waals surface area (Å²) in [7, 11) is 0.